The number of benzene rings is 2. The fourth-order valence-corrected chi connectivity index (χ4v) is 2.20. The van der Waals surface area contributed by atoms with E-state index < -0.39 is 12.1 Å². The van der Waals surface area contributed by atoms with Crippen molar-refractivity contribution in [2.75, 3.05) is 5.32 Å². The largest absolute Gasteiger partial charge is 0.478 e. The third-order valence-corrected chi connectivity index (χ3v) is 3.47. The second-order valence-corrected chi connectivity index (χ2v) is 5.23. The summed E-state index contributed by atoms with van der Waals surface area (Å²) in [6, 6.07) is 17.2. The maximum atomic E-state index is 11.2. The lowest BCUT2D eigenvalue weighted by atomic mass is 10.2. The second-order valence-electron chi connectivity index (χ2n) is 5.23. The van der Waals surface area contributed by atoms with Gasteiger partial charge in [-0.3, -0.25) is 0 Å². The molecule has 1 aliphatic rings. The number of ether oxygens (including phenoxy) is 1. The van der Waals surface area contributed by atoms with Crippen molar-refractivity contribution in [2.45, 2.75) is 18.9 Å². The highest BCUT2D eigenvalue weighted by molar-refractivity contribution is 5.73. The highest BCUT2D eigenvalue weighted by Crippen LogP contribution is 2.35. The van der Waals surface area contributed by atoms with Crippen LogP contribution in [0.15, 0.2) is 54.6 Å². The summed E-state index contributed by atoms with van der Waals surface area (Å²) < 4.78 is 5.58. The van der Waals surface area contributed by atoms with E-state index in [0.29, 0.717) is 5.75 Å². The van der Waals surface area contributed by atoms with E-state index in [9.17, 15) is 4.79 Å². The average Bonchev–Trinajstić information content (AvgIpc) is 3.32. The number of hydrogen-bond donors (Lipinski definition) is 2. The Morgan fingerprint density at radius 3 is 2.24 bits per heavy atom. The highest BCUT2D eigenvalue weighted by Gasteiger charge is 2.38. The van der Waals surface area contributed by atoms with Gasteiger partial charge in [0.05, 0.1) is 0 Å². The number of carboxylic acid groups (broad SMARTS) is 1. The van der Waals surface area contributed by atoms with Crippen molar-refractivity contribution in [1.82, 2.24) is 0 Å². The molecule has 0 spiro atoms. The van der Waals surface area contributed by atoms with Crippen LogP contribution in [0.3, 0.4) is 0 Å². The molecule has 2 aromatic carbocycles. The summed E-state index contributed by atoms with van der Waals surface area (Å²) in [6.07, 6.45) is 1.15. The summed E-state index contributed by atoms with van der Waals surface area (Å²) in [5, 5.41) is 12.4. The topological polar surface area (TPSA) is 58.6 Å². The van der Waals surface area contributed by atoms with Crippen LogP contribution in [0.4, 0.5) is 11.4 Å². The van der Waals surface area contributed by atoms with Crippen LogP contribution < -0.4 is 10.1 Å². The van der Waals surface area contributed by atoms with Crippen LogP contribution in [0.1, 0.15) is 12.8 Å². The fourth-order valence-electron chi connectivity index (χ4n) is 2.20. The molecule has 0 radical (unpaired) electrons. The highest BCUT2D eigenvalue weighted by atomic mass is 16.5. The molecular weight excluding hydrogens is 266 g/mol. The number of carbonyl (C=O) groups is 1. The number of anilines is 2. The van der Waals surface area contributed by atoms with Crippen LogP contribution in [0.2, 0.25) is 0 Å². The first-order valence-electron chi connectivity index (χ1n) is 7.04. The van der Waals surface area contributed by atoms with E-state index in [4.69, 9.17) is 9.84 Å². The van der Waals surface area contributed by atoms with Gasteiger partial charge in [-0.25, -0.2) is 4.79 Å². The first-order chi connectivity index (χ1) is 10.2. The Bertz CT molecular complexity index is 606. The lowest BCUT2D eigenvalue weighted by molar-refractivity contribution is -0.146. The van der Waals surface area contributed by atoms with Crippen molar-refractivity contribution in [3.05, 3.63) is 54.6 Å². The number of aliphatic carboxylic acids is 1. The summed E-state index contributed by atoms with van der Waals surface area (Å²) in [5.41, 5.74) is 1.94. The minimum Gasteiger partial charge on any atom is -0.478 e. The van der Waals surface area contributed by atoms with Gasteiger partial charge in [-0.05, 0) is 49.2 Å². The van der Waals surface area contributed by atoms with Gasteiger partial charge in [0.1, 0.15) is 5.75 Å². The quantitative estimate of drug-likeness (QED) is 0.849. The number of para-hydroxylation sites is 1. The molecule has 0 saturated heterocycles. The van der Waals surface area contributed by atoms with Crippen LogP contribution >= 0.6 is 0 Å². The molecule has 1 unspecified atom stereocenters. The zero-order valence-corrected chi connectivity index (χ0v) is 11.5. The lowest BCUT2D eigenvalue weighted by Crippen LogP contribution is -2.29. The zero-order chi connectivity index (χ0) is 14.7. The molecule has 108 valence electrons. The summed E-state index contributed by atoms with van der Waals surface area (Å²) in [5.74, 6) is -0.137. The van der Waals surface area contributed by atoms with Crippen molar-refractivity contribution in [3.8, 4) is 5.75 Å². The molecule has 1 atom stereocenters. The Hall–Kier alpha value is -2.49. The summed E-state index contributed by atoms with van der Waals surface area (Å²) >= 11 is 0. The summed E-state index contributed by atoms with van der Waals surface area (Å²) in [7, 11) is 0. The van der Waals surface area contributed by atoms with E-state index in [1.54, 1.807) is 12.1 Å². The first kappa shape index (κ1) is 13.5. The van der Waals surface area contributed by atoms with E-state index in [1.165, 1.54) is 0 Å². The Labute approximate surface area is 123 Å². The predicted molar refractivity (Wildman–Crippen MR) is 80.9 cm³/mol. The molecule has 0 bridgehead atoms. The number of nitrogens with one attached hydrogen (secondary N) is 1. The van der Waals surface area contributed by atoms with Crippen LogP contribution in [0.25, 0.3) is 0 Å². The Balaban J connectivity index is 1.65. The number of hydrogen-bond acceptors (Lipinski definition) is 3. The minimum absolute atomic E-state index is 0.157. The van der Waals surface area contributed by atoms with E-state index in [-0.39, 0.29) is 5.92 Å². The van der Waals surface area contributed by atoms with E-state index in [0.717, 1.165) is 24.2 Å². The SMILES string of the molecule is O=C(O)C(Oc1ccc(Nc2ccccc2)cc1)C1CC1. The minimum atomic E-state index is -0.885. The van der Waals surface area contributed by atoms with E-state index in [2.05, 4.69) is 5.32 Å². The molecule has 1 saturated carbocycles. The van der Waals surface area contributed by atoms with Gasteiger partial charge in [-0.2, -0.15) is 0 Å². The first-order valence-corrected chi connectivity index (χ1v) is 7.04. The third-order valence-electron chi connectivity index (χ3n) is 3.47. The normalized spacial score (nSPS) is 15.2. The summed E-state index contributed by atoms with van der Waals surface area (Å²) in [4.78, 5) is 11.2. The van der Waals surface area contributed by atoms with Gasteiger partial charge in [-0.15, -0.1) is 0 Å². The van der Waals surface area contributed by atoms with Crippen molar-refractivity contribution in [1.29, 1.82) is 0 Å². The van der Waals surface area contributed by atoms with Gasteiger partial charge >= 0.3 is 5.97 Å². The molecule has 1 fully saturated rings. The van der Waals surface area contributed by atoms with Crippen LogP contribution in [-0.4, -0.2) is 17.2 Å². The average molecular weight is 283 g/mol. The molecule has 3 rings (SSSR count). The molecule has 4 nitrogen and oxygen atoms in total. The van der Waals surface area contributed by atoms with E-state index in [1.807, 2.05) is 42.5 Å². The molecule has 2 N–H and O–H groups in total. The number of rotatable bonds is 6. The zero-order valence-electron chi connectivity index (χ0n) is 11.5. The molecule has 0 heterocycles. The van der Waals surface area contributed by atoms with Crippen LogP contribution in [0, 0.1) is 5.92 Å². The monoisotopic (exact) mass is 283 g/mol. The van der Waals surface area contributed by atoms with E-state index >= 15 is 0 Å². The standard InChI is InChI=1S/C17H17NO3/c19-17(20)16(12-6-7-12)21-15-10-8-14(9-11-15)18-13-4-2-1-3-5-13/h1-5,8-12,16,18H,6-7H2,(H,19,20). The smallest absolute Gasteiger partial charge is 0.345 e. The van der Waals surface area contributed by atoms with Crippen molar-refractivity contribution in [2.24, 2.45) is 5.92 Å². The van der Waals surface area contributed by atoms with Crippen LogP contribution in [0.5, 0.6) is 5.75 Å². The van der Waals surface area contributed by atoms with Gasteiger partial charge < -0.3 is 15.2 Å². The van der Waals surface area contributed by atoms with Gasteiger partial charge in [0.2, 0.25) is 0 Å². The van der Waals surface area contributed by atoms with Crippen LogP contribution in [-0.2, 0) is 4.79 Å². The molecule has 2 aromatic rings. The molecule has 0 amide bonds. The Kier molecular flexibility index (Phi) is 3.77. The molecule has 0 aliphatic heterocycles. The molecule has 1 aliphatic carbocycles. The molecule has 4 heteroatoms. The lowest BCUT2D eigenvalue weighted by Gasteiger charge is -2.14. The summed E-state index contributed by atoms with van der Waals surface area (Å²) in [6.45, 7) is 0. The van der Waals surface area contributed by atoms with Gasteiger partial charge in [0, 0.05) is 17.3 Å². The molecule has 21 heavy (non-hydrogen) atoms. The van der Waals surface area contributed by atoms with Crippen molar-refractivity contribution < 1.29 is 14.6 Å². The fraction of sp³-hybridized carbons (Fsp3) is 0.235. The van der Waals surface area contributed by atoms with Gasteiger partial charge in [0.15, 0.2) is 6.10 Å². The molecule has 0 aromatic heterocycles. The van der Waals surface area contributed by atoms with Crippen molar-refractivity contribution in [3.63, 3.8) is 0 Å². The second kappa shape index (κ2) is 5.87. The van der Waals surface area contributed by atoms with Gasteiger partial charge in [0.25, 0.3) is 0 Å². The van der Waals surface area contributed by atoms with Crippen molar-refractivity contribution >= 4 is 17.3 Å². The Morgan fingerprint density at radius 1 is 1.05 bits per heavy atom. The maximum absolute atomic E-state index is 11.2. The maximum Gasteiger partial charge on any atom is 0.345 e. The van der Waals surface area contributed by atoms with Gasteiger partial charge in [-0.1, -0.05) is 18.2 Å². The Morgan fingerprint density at radius 2 is 1.67 bits per heavy atom. The number of carboxylic acids is 1. The predicted octanol–water partition coefficient (Wildman–Crippen LogP) is 3.67. The molecular formula is C17H17NO3. The third kappa shape index (κ3) is 3.54.